The minimum Gasteiger partial charge on any atom is -0.310 e. The van der Waals surface area contributed by atoms with Gasteiger partial charge in [0.25, 0.3) is 0 Å². The van der Waals surface area contributed by atoms with Crippen LogP contribution in [0.4, 0.5) is 17.1 Å². The second kappa shape index (κ2) is 14.6. The van der Waals surface area contributed by atoms with Gasteiger partial charge in [-0.3, -0.25) is 0 Å². The highest BCUT2D eigenvalue weighted by molar-refractivity contribution is 8.00. The van der Waals surface area contributed by atoms with Crippen molar-refractivity contribution in [3.05, 3.63) is 241 Å². The van der Waals surface area contributed by atoms with Crippen LogP contribution >= 0.6 is 11.8 Å². The van der Waals surface area contributed by atoms with Gasteiger partial charge in [0.05, 0.1) is 0 Å². The Bertz CT molecular complexity index is 2920. The van der Waals surface area contributed by atoms with Gasteiger partial charge in [0.15, 0.2) is 0 Å². The molecular weight excluding hydrogens is 759 g/mol. The maximum Gasteiger partial charge on any atom is 0.148 e. The molecule has 0 amide bonds. The molecule has 0 aromatic heterocycles. The molecule has 0 saturated heterocycles. The molecule has 1 nitrogen and oxygen atoms in total. The van der Waals surface area contributed by atoms with Crippen molar-refractivity contribution in [2.24, 2.45) is 0 Å². The average molecular weight is 802 g/mol. The summed E-state index contributed by atoms with van der Waals surface area (Å²) in [5.41, 5.74) is 14.6. The maximum absolute atomic E-state index is 2.56. The number of fused-ring (bicyclic) bond motifs is 6. The largest absolute Gasteiger partial charge is 0.310 e. The number of benzene rings is 9. The van der Waals surface area contributed by atoms with Gasteiger partial charge in [-0.15, -0.1) is 0 Å². The van der Waals surface area contributed by atoms with Gasteiger partial charge in [-0.25, -0.2) is 0 Å². The first-order chi connectivity index (χ1) is 29.5. The van der Waals surface area contributed by atoms with E-state index in [1.807, 2.05) is 11.8 Å². The van der Waals surface area contributed by atoms with E-state index < -0.39 is 8.07 Å². The van der Waals surface area contributed by atoms with Gasteiger partial charge in [-0.1, -0.05) is 200 Å². The Labute approximate surface area is 358 Å². The zero-order chi connectivity index (χ0) is 40.3. The highest BCUT2D eigenvalue weighted by Gasteiger charge is 2.47. The molecule has 286 valence electrons. The van der Waals surface area contributed by atoms with Crippen LogP contribution in [0, 0.1) is 0 Å². The molecular formula is C57H43NSSi. The fourth-order valence-electron chi connectivity index (χ4n) is 9.92. The molecule has 3 heteroatoms. The average Bonchev–Trinajstić information content (AvgIpc) is 3.59. The minimum absolute atomic E-state index is 0.376. The maximum atomic E-state index is 2.56. The van der Waals surface area contributed by atoms with Crippen LogP contribution < -0.4 is 20.5 Å². The van der Waals surface area contributed by atoms with Crippen LogP contribution in [0.2, 0.25) is 6.55 Å². The predicted molar refractivity (Wildman–Crippen MR) is 257 cm³/mol. The third kappa shape index (κ3) is 5.76. The van der Waals surface area contributed by atoms with Gasteiger partial charge in [0, 0.05) is 37.8 Å². The van der Waals surface area contributed by atoms with E-state index in [1.165, 1.54) is 75.4 Å². The molecule has 0 N–H and O–H groups in total. The van der Waals surface area contributed by atoms with Gasteiger partial charge in [-0.05, 0) is 109 Å². The summed E-state index contributed by atoms with van der Waals surface area (Å²) in [4.78, 5) is 5.23. The lowest BCUT2D eigenvalue weighted by Crippen LogP contribution is -2.67. The van der Waals surface area contributed by atoms with E-state index in [9.17, 15) is 0 Å². The zero-order valence-electron chi connectivity index (χ0n) is 33.7. The minimum atomic E-state index is -2.35. The van der Waals surface area contributed by atoms with Crippen LogP contribution in [0.1, 0.15) is 23.6 Å². The molecule has 0 radical (unpaired) electrons. The third-order valence-corrected chi connectivity index (χ3v) is 19.2. The summed E-state index contributed by atoms with van der Waals surface area (Å²) >= 11 is 1.97. The van der Waals surface area contributed by atoms with Crippen LogP contribution in [0.25, 0.3) is 33.4 Å². The fraction of sp³-hybridized carbons (Fsp3) is 0.0526. The number of nitrogens with zero attached hydrogens (tertiary/aromatic N) is 1. The Morgan fingerprint density at radius 2 is 0.933 bits per heavy atom. The number of hydrogen-bond donors (Lipinski definition) is 0. The number of anilines is 3. The van der Waals surface area contributed by atoms with Gasteiger partial charge in [0.1, 0.15) is 8.07 Å². The van der Waals surface area contributed by atoms with Crippen LogP contribution in [0.15, 0.2) is 234 Å². The molecule has 0 spiro atoms. The first kappa shape index (κ1) is 36.4. The Kier molecular flexibility index (Phi) is 8.84. The molecule has 2 unspecified atom stereocenters. The van der Waals surface area contributed by atoms with Crippen LogP contribution in [-0.4, -0.2) is 8.07 Å². The molecule has 1 aliphatic heterocycles. The lowest BCUT2D eigenvalue weighted by Gasteiger charge is -2.38. The third-order valence-electron chi connectivity index (χ3n) is 13.1. The molecule has 9 aromatic carbocycles. The molecule has 0 bridgehead atoms. The molecule has 0 saturated carbocycles. The number of rotatable bonds is 7. The summed E-state index contributed by atoms with van der Waals surface area (Å²) in [5, 5.41) is 4.45. The van der Waals surface area contributed by atoms with Crippen molar-refractivity contribution in [1.82, 2.24) is 0 Å². The van der Waals surface area contributed by atoms with E-state index in [0.29, 0.717) is 0 Å². The first-order valence-corrected chi connectivity index (χ1v) is 24.2. The van der Waals surface area contributed by atoms with Crippen molar-refractivity contribution < 1.29 is 0 Å². The smallest absolute Gasteiger partial charge is 0.148 e. The van der Waals surface area contributed by atoms with Gasteiger partial charge in [0.2, 0.25) is 0 Å². The van der Waals surface area contributed by atoms with Gasteiger partial charge >= 0.3 is 0 Å². The monoisotopic (exact) mass is 801 g/mol. The second-order valence-corrected chi connectivity index (χ2v) is 21.3. The topological polar surface area (TPSA) is 3.24 Å². The Morgan fingerprint density at radius 3 is 1.53 bits per heavy atom. The van der Waals surface area contributed by atoms with E-state index in [1.54, 1.807) is 0 Å². The van der Waals surface area contributed by atoms with Gasteiger partial charge in [-0.2, -0.15) is 0 Å². The molecule has 60 heavy (non-hydrogen) atoms. The molecule has 11 rings (SSSR count). The zero-order valence-corrected chi connectivity index (χ0v) is 35.5. The predicted octanol–water partition coefficient (Wildman–Crippen LogP) is 13.4. The summed E-state index contributed by atoms with van der Waals surface area (Å²) in [6, 6.07) is 83.2. The van der Waals surface area contributed by atoms with Crippen molar-refractivity contribution in [2.75, 3.05) is 4.90 Å². The second-order valence-electron chi connectivity index (χ2n) is 16.3. The molecule has 1 aliphatic carbocycles. The van der Waals surface area contributed by atoms with Crippen molar-refractivity contribution in [3.63, 3.8) is 0 Å². The lowest BCUT2D eigenvalue weighted by atomic mass is 9.74. The summed E-state index contributed by atoms with van der Waals surface area (Å²) in [5.74, 6) is 0. The summed E-state index contributed by atoms with van der Waals surface area (Å²) in [7, 11) is -2.35. The highest BCUT2D eigenvalue weighted by Crippen LogP contribution is 2.57. The quantitative estimate of drug-likeness (QED) is 0.148. The van der Waals surface area contributed by atoms with E-state index in [-0.39, 0.29) is 5.41 Å². The number of hydrogen-bond acceptors (Lipinski definition) is 2. The Morgan fingerprint density at radius 1 is 0.433 bits per heavy atom. The van der Waals surface area contributed by atoms with E-state index in [4.69, 9.17) is 0 Å². The van der Waals surface area contributed by atoms with Crippen molar-refractivity contribution in [2.45, 2.75) is 28.7 Å². The first-order valence-electron chi connectivity index (χ1n) is 20.8. The standard InChI is InChI=1S/C57H43NSSi/c1-57(44-21-11-5-12-22-44)50-37-38-54-56(59-52-25-15-16-26-53(52)60(54,2)48-23-13-6-14-24-48)55(50)49-36-35-47(39-51(49)57)58(45-31-27-42(28-32-45)40-17-7-3-8-18-40)46-33-29-43(30-34-46)41-19-9-4-10-20-41/h3-39H,1-2H3. The van der Waals surface area contributed by atoms with Crippen molar-refractivity contribution in [3.8, 4) is 33.4 Å². The Hall–Kier alpha value is -6.65. The van der Waals surface area contributed by atoms with E-state index in [2.05, 4.69) is 243 Å². The molecule has 1 heterocycles. The normalized spacial score (nSPS) is 17.2. The molecule has 9 aromatic rings. The summed E-state index contributed by atoms with van der Waals surface area (Å²) in [6.45, 7) is 5.01. The lowest BCUT2D eigenvalue weighted by molar-refractivity contribution is 0.713. The van der Waals surface area contributed by atoms with Crippen LogP contribution in [0.5, 0.6) is 0 Å². The Balaban J connectivity index is 1.12. The summed E-state index contributed by atoms with van der Waals surface area (Å²) < 4.78 is 0. The van der Waals surface area contributed by atoms with Crippen LogP contribution in [0.3, 0.4) is 0 Å². The molecule has 0 fully saturated rings. The van der Waals surface area contributed by atoms with Crippen molar-refractivity contribution in [1.29, 1.82) is 0 Å². The van der Waals surface area contributed by atoms with Crippen LogP contribution in [-0.2, 0) is 5.41 Å². The van der Waals surface area contributed by atoms with Gasteiger partial charge < -0.3 is 4.90 Å². The van der Waals surface area contributed by atoms with E-state index in [0.717, 1.165) is 17.1 Å². The van der Waals surface area contributed by atoms with Crippen molar-refractivity contribution >= 4 is 52.5 Å². The fourth-order valence-corrected chi connectivity index (χ4v) is 16.3. The molecule has 2 atom stereocenters. The molecule has 2 aliphatic rings. The SMILES string of the molecule is CC1(c2ccccc2)c2cc(N(c3ccc(-c4ccccc4)cc3)c3ccc(-c4ccccc4)cc3)ccc2-c2c1ccc1c2Sc2ccccc2[Si]1(C)c1ccccc1. The summed E-state index contributed by atoms with van der Waals surface area (Å²) in [6.07, 6.45) is 0. The van der Waals surface area contributed by atoms with E-state index >= 15 is 0 Å². The highest BCUT2D eigenvalue weighted by atomic mass is 32.2.